The van der Waals surface area contributed by atoms with Gasteiger partial charge in [0.2, 0.25) is 6.10 Å². The Morgan fingerprint density at radius 2 is 2.14 bits per heavy atom. The Labute approximate surface area is 120 Å². The summed E-state index contributed by atoms with van der Waals surface area (Å²) in [5.74, 6) is -0.0256. The van der Waals surface area contributed by atoms with Crippen LogP contribution in [0.1, 0.15) is 5.69 Å². The SMILES string of the molecule is N#Cc1cccc(N2CC(C(=O)O)Oc3ccccc32)n1. The standard InChI is InChI=1S/C15H11N3O3/c16-8-10-4-3-7-14(17-10)18-9-13(15(19)20)21-12-6-2-1-5-11(12)18/h1-7,13H,9H2,(H,19,20). The minimum atomic E-state index is -1.04. The lowest BCUT2D eigenvalue weighted by molar-refractivity contribution is -0.144. The Morgan fingerprint density at radius 3 is 2.90 bits per heavy atom. The van der Waals surface area contributed by atoms with E-state index in [1.165, 1.54) is 0 Å². The highest BCUT2D eigenvalue weighted by atomic mass is 16.5. The summed E-state index contributed by atoms with van der Waals surface area (Å²) in [7, 11) is 0. The lowest BCUT2D eigenvalue weighted by Gasteiger charge is -2.33. The first kappa shape index (κ1) is 12.9. The van der Waals surface area contributed by atoms with Crippen LogP contribution in [-0.4, -0.2) is 28.7 Å². The smallest absolute Gasteiger partial charge is 0.346 e. The molecule has 0 saturated heterocycles. The van der Waals surface area contributed by atoms with Crippen LogP contribution in [0.5, 0.6) is 5.75 Å². The molecule has 1 aromatic heterocycles. The number of carboxylic acids is 1. The van der Waals surface area contributed by atoms with Gasteiger partial charge in [0.05, 0.1) is 12.2 Å². The van der Waals surface area contributed by atoms with Crippen molar-refractivity contribution in [3.63, 3.8) is 0 Å². The highest BCUT2D eigenvalue weighted by molar-refractivity contribution is 5.78. The van der Waals surface area contributed by atoms with Gasteiger partial charge in [0.1, 0.15) is 23.3 Å². The van der Waals surface area contributed by atoms with Gasteiger partial charge in [-0.25, -0.2) is 9.78 Å². The van der Waals surface area contributed by atoms with Crippen molar-refractivity contribution < 1.29 is 14.6 Å². The molecule has 0 radical (unpaired) electrons. The Morgan fingerprint density at radius 1 is 1.33 bits per heavy atom. The number of benzene rings is 1. The van der Waals surface area contributed by atoms with Crippen LogP contribution >= 0.6 is 0 Å². The first-order valence-corrected chi connectivity index (χ1v) is 6.32. The highest BCUT2D eigenvalue weighted by Crippen LogP contribution is 2.37. The molecule has 1 aromatic carbocycles. The summed E-state index contributed by atoms with van der Waals surface area (Å²) in [4.78, 5) is 17.2. The molecule has 1 aliphatic heterocycles. The second-order valence-corrected chi connectivity index (χ2v) is 4.52. The van der Waals surface area contributed by atoms with E-state index in [2.05, 4.69) is 4.98 Å². The van der Waals surface area contributed by atoms with E-state index in [0.29, 0.717) is 11.6 Å². The zero-order valence-electron chi connectivity index (χ0n) is 10.9. The summed E-state index contributed by atoms with van der Waals surface area (Å²) in [5.41, 5.74) is 1.01. The summed E-state index contributed by atoms with van der Waals surface area (Å²) in [6.07, 6.45) is -0.979. The van der Waals surface area contributed by atoms with Crippen molar-refractivity contribution in [2.24, 2.45) is 0 Å². The number of hydrogen-bond acceptors (Lipinski definition) is 5. The third-order valence-corrected chi connectivity index (χ3v) is 3.17. The maximum absolute atomic E-state index is 11.2. The summed E-state index contributed by atoms with van der Waals surface area (Å²) >= 11 is 0. The summed E-state index contributed by atoms with van der Waals surface area (Å²) < 4.78 is 5.47. The summed E-state index contributed by atoms with van der Waals surface area (Å²) in [6, 6.07) is 14.2. The van der Waals surface area contributed by atoms with Crippen LogP contribution in [-0.2, 0) is 4.79 Å². The third-order valence-electron chi connectivity index (χ3n) is 3.17. The molecule has 0 amide bonds. The fourth-order valence-corrected chi connectivity index (χ4v) is 2.22. The summed E-state index contributed by atoms with van der Waals surface area (Å²) in [6.45, 7) is 0.133. The molecule has 0 fully saturated rings. The quantitative estimate of drug-likeness (QED) is 0.905. The number of aromatic nitrogens is 1. The summed E-state index contributed by atoms with van der Waals surface area (Å²) in [5, 5.41) is 18.2. The van der Waals surface area contributed by atoms with E-state index in [1.54, 1.807) is 35.2 Å². The predicted molar refractivity (Wildman–Crippen MR) is 74.5 cm³/mol. The molecule has 1 unspecified atom stereocenters. The maximum Gasteiger partial charge on any atom is 0.346 e. The van der Waals surface area contributed by atoms with Crippen molar-refractivity contribution in [2.45, 2.75) is 6.10 Å². The molecule has 1 N–H and O–H groups in total. The molecule has 0 saturated carbocycles. The third kappa shape index (κ3) is 2.37. The van der Waals surface area contributed by atoms with Crippen molar-refractivity contribution in [3.05, 3.63) is 48.2 Å². The van der Waals surface area contributed by atoms with Crippen LogP contribution in [0.4, 0.5) is 11.5 Å². The van der Waals surface area contributed by atoms with Gasteiger partial charge < -0.3 is 14.7 Å². The van der Waals surface area contributed by atoms with Crippen molar-refractivity contribution in [3.8, 4) is 11.8 Å². The molecule has 21 heavy (non-hydrogen) atoms. The zero-order chi connectivity index (χ0) is 14.8. The van der Waals surface area contributed by atoms with Gasteiger partial charge in [-0.2, -0.15) is 5.26 Å². The largest absolute Gasteiger partial charge is 0.478 e. The number of nitrogens with zero attached hydrogens (tertiary/aromatic N) is 3. The molecule has 6 heteroatoms. The lowest BCUT2D eigenvalue weighted by atomic mass is 10.2. The van der Waals surface area contributed by atoms with Gasteiger partial charge >= 0.3 is 5.97 Å². The maximum atomic E-state index is 11.2. The Hall–Kier alpha value is -3.07. The van der Waals surface area contributed by atoms with Crippen LogP contribution in [0, 0.1) is 11.3 Å². The number of aliphatic carboxylic acids is 1. The van der Waals surface area contributed by atoms with Gasteiger partial charge in [-0.1, -0.05) is 18.2 Å². The van der Waals surface area contributed by atoms with Crippen LogP contribution in [0.2, 0.25) is 0 Å². The molecule has 3 rings (SSSR count). The van der Waals surface area contributed by atoms with Crippen molar-refractivity contribution in [2.75, 3.05) is 11.4 Å². The van der Waals surface area contributed by atoms with Crippen LogP contribution < -0.4 is 9.64 Å². The molecule has 0 spiro atoms. The van der Waals surface area contributed by atoms with Gasteiger partial charge in [-0.3, -0.25) is 0 Å². The van der Waals surface area contributed by atoms with Gasteiger partial charge in [0.25, 0.3) is 0 Å². The molecule has 1 aliphatic rings. The number of carboxylic acid groups (broad SMARTS) is 1. The van der Waals surface area contributed by atoms with Gasteiger partial charge in [0, 0.05) is 0 Å². The molecule has 1 atom stereocenters. The Balaban J connectivity index is 2.08. The first-order chi connectivity index (χ1) is 10.2. The molecular weight excluding hydrogens is 270 g/mol. The van der Waals surface area contributed by atoms with Crippen molar-refractivity contribution in [1.29, 1.82) is 5.26 Å². The number of rotatable bonds is 2. The number of carbonyl (C=O) groups is 1. The van der Waals surface area contributed by atoms with Gasteiger partial charge in [-0.05, 0) is 24.3 Å². The second-order valence-electron chi connectivity index (χ2n) is 4.52. The normalized spacial score (nSPS) is 16.5. The Kier molecular flexibility index (Phi) is 3.16. The number of fused-ring (bicyclic) bond motifs is 1. The molecule has 0 bridgehead atoms. The van der Waals surface area contributed by atoms with Crippen LogP contribution in [0.25, 0.3) is 0 Å². The van der Waals surface area contributed by atoms with Gasteiger partial charge in [0.15, 0.2) is 0 Å². The first-order valence-electron chi connectivity index (χ1n) is 6.32. The second kappa shape index (κ2) is 5.13. The molecule has 2 heterocycles. The van der Waals surface area contributed by atoms with E-state index in [0.717, 1.165) is 5.69 Å². The fraction of sp³-hybridized carbons (Fsp3) is 0.133. The number of para-hydroxylation sites is 2. The molecule has 2 aromatic rings. The Bertz CT molecular complexity index is 739. The average Bonchev–Trinajstić information content (AvgIpc) is 2.53. The monoisotopic (exact) mass is 281 g/mol. The molecular formula is C15H11N3O3. The average molecular weight is 281 g/mol. The van der Waals surface area contributed by atoms with Crippen molar-refractivity contribution in [1.82, 2.24) is 4.98 Å². The number of hydrogen-bond donors (Lipinski definition) is 1. The van der Waals surface area contributed by atoms with Crippen LogP contribution in [0.15, 0.2) is 42.5 Å². The molecule has 0 aliphatic carbocycles. The van der Waals surface area contributed by atoms with E-state index < -0.39 is 12.1 Å². The number of nitriles is 1. The molecule has 6 nitrogen and oxygen atoms in total. The minimum Gasteiger partial charge on any atom is -0.478 e. The van der Waals surface area contributed by atoms with E-state index in [4.69, 9.17) is 10.00 Å². The topological polar surface area (TPSA) is 86.5 Å². The molecule has 104 valence electrons. The number of anilines is 2. The highest BCUT2D eigenvalue weighted by Gasteiger charge is 2.31. The van der Waals surface area contributed by atoms with Gasteiger partial charge in [-0.15, -0.1) is 0 Å². The van der Waals surface area contributed by atoms with E-state index in [9.17, 15) is 9.90 Å². The van der Waals surface area contributed by atoms with E-state index in [-0.39, 0.29) is 12.2 Å². The minimum absolute atomic E-state index is 0.133. The van der Waals surface area contributed by atoms with E-state index in [1.807, 2.05) is 18.2 Å². The van der Waals surface area contributed by atoms with Crippen molar-refractivity contribution >= 4 is 17.5 Å². The predicted octanol–water partition coefficient (Wildman–Crippen LogP) is 1.94. The zero-order valence-corrected chi connectivity index (χ0v) is 10.9. The van der Waals surface area contributed by atoms with E-state index >= 15 is 0 Å². The number of ether oxygens (including phenoxy) is 1. The fourth-order valence-electron chi connectivity index (χ4n) is 2.22. The lowest BCUT2D eigenvalue weighted by Crippen LogP contribution is -2.42. The van der Waals surface area contributed by atoms with Crippen LogP contribution in [0.3, 0.4) is 0 Å². The number of pyridine rings is 1.